The molecule has 0 saturated heterocycles. The highest BCUT2D eigenvalue weighted by Crippen LogP contribution is 2.33. The zero-order valence-electron chi connectivity index (χ0n) is 10.6. The van der Waals surface area contributed by atoms with Crippen molar-refractivity contribution >= 4 is 11.8 Å². The number of nitrogens with zero attached hydrogens (tertiary/aromatic N) is 2. The van der Waals surface area contributed by atoms with Gasteiger partial charge in [-0.1, -0.05) is 25.1 Å². The van der Waals surface area contributed by atoms with Crippen molar-refractivity contribution in [3.8, 4) is 0 Å². The predicted molar refractivity (Wildman–Crippen MR) is 72.3 cm³/mol. The lowest BCUT2D eigenvalue weighted by molar-refractivity contribution is 0.530. The molecule has 4 heteroatoms. The third-order valence-electron chi connectivity index (χ3n) is 3.14. The SMILES string of the molecule is CCCNC1CCCC1Sc1nccc(C)n1. The molecule has 1 heterocycles. The number of hydrogen-bond donors (Lipinski definition) is 1. The van der Waals surface area contributed by atoms with Gasteiger partial charge in [0, 0.05) is 23.2 Å². The molecule has 1 aliphatic rings. The lowest BCUT2D eigenvalue weighted by Gasteiger charge is -2.19. The molecule has 0 aromatic carbocycles. The summed E-state index contributed by atoms with van der Waals surface area (Å²) < 4.78 is 0. The van der Waals surface area contributed by atoms with Crippen LogP contribution in [0.1, 0.15) is 38.3 Å². The molecule has 94 valence electrons. The monoisotopic (exact) mass is 251 g/mol. The summed E-state index contributed by atoms with van der Waals surface area (Å²) in [6.45, 7) is 5.36. The maximum Gasteiger partial charge on any atom is 0.188 e. The Morgan fingerprint density at radius 1 is 1.47 bits per heavy atom. The molecule has 17 heavy (non-hydrogen) atoms. The van der Waals surface area contributed by atoms with E-state index in [1.165, 1.54) is 25.7 Å². The van der Waals surface area contributed by atoms with Crippen LogP contribution < -0.4 is 5.32 Å². The zero-order valence-corrected chi connectivity index (χ0v) is 11.5. The minimum atomic E-state index is 0.642. The van der Waals surface area contributed by atoms with Gasteiger partial charge >= 0.3 is 0 Å². The van der Waals surface area contributed by atoms with Crippen LogP contribution in [0.2, 0.25) is 0 Å². The molecule has 2 rings (SSSR count). The van der Waals surface area contributed by atoms with Gasteiger partial charge in [0.25, 0.3) is 0 Å². The van der Waals surface area contributed by atoms with Crippen molar-refractivity contribution in [2.75, 3.05) is 6.54 Å². The van der Waals surface area contributed by atoms with Gasteiger partial charge in [-0.25, -0.2) is 9.97 Å². The smallest absolute Gasteiger partial charge is 0.188 e. The molecular formula is C13H21N3S. The number of hydrogen-bond acceptors (Lipinski definition) is 4. The van der Waals surface area contributed by atoms with Gasteiger partial charge in [0.05, 0.1) is 0 Å². The highest BCUT2D eigenvalue weighted by Gasteiger charge is 2.28. The first-order valence-electron chi connectivity index (χ1n) is 6.49. The number of aromatic nitrogens is 2. The number of rotatable bonds is 5. The van der Waals surface area contributed by atoms with E-state index in [1.807, 2.05) is 30.9 Å². The van der Waals surface area contributed by atoms with E-state index < -0.39 is 0 Å². The molecule has 0 aliphatic heterocycles. The van der Waals surface area contributed by atoms with Crippen molar-refractivity contribution in [2.24, 2.45) is 0 Å². The van der Waals surface area contributed by atoms with Crippen molar-refractivity contribution in [2.45, 2.75) is 56.0 Å². The van der Waals surface area contributed by atoms with Crippen LogP contribution in [-0.4, -0.2) is 27.8 Å². The van der Waals surface area contributed by atoms with Crippen LogP contribution >= 0.6 is 11.8 Å². The summed E-state index contributed by atoms with van der Waals surface area (Å²) in [5.74, 6) is 0. The molecule has 0 spiro atoms. The average molecular weight is 251 g/mol. The standard InChI is InChI=1S/C13H21N3S/c1-3-8-14-11-5-4-6-12(11)17-13-15-9-7-10(2)16-13/h7,9,11-12,14H,3-6,8H2,1-2H3. The molecule has 2 unspecified atom stereocenters. The van der Waals surface area contributed by atoms with Crippen molar-refractivity contribution < 1.29 is 0 Å². The van der Waals surface area contributed by atoms with Crippen molar-refractivity contribution in [3.05, 3.63) is 18.0 Å². The fourth-order valence-electron chi connectivity index (χ4n) is 2.25. The van der Waals surface area contributed by atoms with E-state index in [2.05, 4.69) is 22.2 Å². The minimum Gasteiger partial charge on any atom is -0.313 e. The summed E-state index contributed by atoms with van der Waals surface area (Å²) in [6.07, 6.45) is 6.96. The zero-order chi connectivity index (χ0) is 12.1. The second kappa shape index (κ2) is 6.36. The van der Waals surface area contributed by atoms with Gasteiger partial charge in [-0.3, -0.25) is 0 Å². The summed E-state index contributed by atoms with van der Waals surface area (Å²) in [6, 6.07) is 2.59. The fraction of sp³-hybridized carbons (Fsp3) is 0.692. The molecule has 2 atom stereocenters. The van der Waals surface area contributed by atoms with E-state index in [1.54, 1.807) is 0 Å². The maximum atomic E-state index is 4.48. The molecule has 0 bridgehead atoms. The lowest BCUT2D eigenvalue weighted by atomic mass is 10.2. The van der Waals surface area contributed by atoms with Crippen LogP contribution in [0.25, 0.3) is 0 Å². The van der Waals surface area contributed by atoms with E-state index in [4.69, 9.17) is 0 Å². The largest absolute Gasteiger partial charge is 0.313 e. The second-order valence-corrected chi connectivity index (χ2v) is 5.83. The number of aryl methyl sites for hydroxylation is 1. The van der Waals surface area contributed by atoms with Crippen LogP contribution in [0.4, 0.5) is 0 Å². The Morgan fingerprint density at radius 2 is 2.35 bits per heavy atom. The van der Waals surface area contributed by atoms with Gasteiger partial charge in [0.15, 0.2) is 5.16 Å². The number of nitrogens with one attached hydrogen (secondary N) is 1. The summed E-state index contributed by atoms with van der Waals surface area (Å²) in [4.78, 5) is 8.82. The van der Waals surface area contributed by atoms with Crippen molar-refractivity contribution in [1.82, 2.24) is 15.3 Å². The Balaban J connectivity index is 1.93. The van der Waals surface area contributed by atoms with Crippen LogP contribution in [0.3, 0.4) is 0 Å². The third kappa shape index (κ3) is 3.68. The minimum absolute atomic E-state index is 0.642. The average Bonchev–Trinajstić information content (AvgIpc) is 2.74. The van der Waals surface area contributed by atoms with Crippen LogP contribution in [0.15, 0.2) is 17.4 Å². The Morgan fingerprint density at radius 3 is 3.12 bits per heavy atom. The Hall–Kier alpha value is -0.610. The molecule has 1 N–H and O–H groups in total. The number of thioether (sulfide) groups is 1. The molecule has 0 amide bonds. The molecule has 1 aliphatic carbocycles. The van der Waals surface area contributed by atoms with Crippen molar-refractivity contribution in [3.63, 3.8) is 0 Å². The first kappa shape index (κ1) is 12.8. The van der Waals surface area contributed by atoms with Crippen molar-refractivity contribution in [1.29, 1.82) is 0 Å². The third-order valence-corrected chi connectivity index (χ3v) is 4.41. The van der Waals surface area contributed by atoms with Gasteiger partial charge < -0.3 is 5.32 Å². The normalized spacial score (nSPS) is 24.1. The van der Waals surface area contributed by atoms with Crippen LogP contribution in [0, 0.1) is 6.92 Å². The Kier molecular flexibility index (Phi) is 4.80. The van der Waals surface area contributed by atoms with E-state index in [0.717, 1.165) is 17.4 Å². The summed E-state index contributed by atoms with van der Waals surface area (Å²) in [5, 5.41) is 5.21. The molecule has 3 nitrogen and oxygen atoms in total. The molecule has 0 radical (unpaired) electrons. The van der Waals surface area contributed by atoms with Gasteiger partial charge in [0.1, 0.15) is 0 Å². The molecule has 1 saturated carbocycles. The molecule has 1 fully saturated rings. The summed E-state index contributed by atoms with van der Waals surface area (Å²) >= 11 is 1.84. The maximum absolute atomic E-state index is 4.48. The molecule has 1 aromatic rings. The lowest BCUT2D eigenvalue weighted by Crippen LogP contribution is -2.34. The fourth-order valence-corrected chi connectivity index (χ4v) is 3.52. The van der Waals surface area contributed by atoms with E-state index in [0.29, 0.717) is 11.3 Å². The second-order valence-electron chi connectivity index (χ2n) is 4.63. The highest BCUT2D eigenvalue weighted by atomic mass is 32.2. The van der Waals surface area contributed by atoms with Gasteiger partial charge in [-0.2, -0.15) is 0 Å². The van der Waals surface area contributed by atoms with E-state index in [-0.39, 0.29) is 0 Å². The van der Waals surface area contributed by atoms with Crippen LogP contribution in [-0.2, 0) is 0 Å². The summed E-state index contributed by atoms with van der Waals surface area (Å²) in [7, 11) is 0. The van der Waals surface area contributed by atoms with Gasteiger partial charge in [0.2, 0.25) is 0 Å². The van der Waals surface area contributed by atoms with Crippen LogP contribution in [0.5, 0.6) is 0 Å². The van der Waals surface area contributed by atoms with Gasteiger partial charge in [-0.15, -0.1) is 0 Å². The molecular weight excluding hydrogens is 230 g/mol. The van der Waals surface area contributed by atoms with E-state index in [9.17, 15) is 0 Å². The topological polar surface area (TPSA) is 37.8 Å². The molecule has 1 aromatic heterocycles. The quantitative estimate of drug-likeness (QED) is 0.817. The highest BCUT2D eigenvalue weighted by molar-refractivity contribution is 7.99. The first-order chi connectivity index (χ1) is 8.29. The van der Waals surface area contributed by atoms with E-state index >= 15 is 0 Å². The Bertz CT molecular complexity index is 356. The van der Waals surface area contributed by atoms with Gasteiger partial charge in [-0.05, 0) is 38.8 Å². The first-order valence-corrected chi connectivity index (χ1v) is 7.37. The summed E-state index contributed by atoms with van der Waals surface area (Å²) in [5.41, 5.74) is 1.05. The predicted octanol–water partition coefficient (Wildman–Crippen LogP) is 2.80. The Labute approximate surface area is 108 Å².